The van der Waals surface area contributed by atoms with Crippen LogP contribution in [0.2, 0.25) is 0 Å². The van der Waals surface area contributed by atoms with Gasteiger partial charge < -0.3 is 19.7 Å². The maximum atomic E-state index is 13.2. The molecule has 33 heavy (non-hydrogen) atoms. The number of ether oxygens (including phenoxy) is 2. The van der Waals surface area contributed by atoms with Crippen LogP contribution in [0.3, 0.4) is 0 Å². The summed E-state index contributed by atoms with van der Waals surface area (Å²) >= 11 is 0. The Morgan fingerprint density at radius 1 is 1.30 bits per heavy atom. The van der Waals surface area contributed by atoms with Crippen molar-refractivity contribution in [1.82, 2.24) is 25.3 Å². The minimum atomic E-state index is -0.557. The van der Waals surface area contributed by atoms with Gasteiger partial charge in [0.15, 0.2) is 5.82 Å². The van der Waals surface area contributed by atoms with Crippen molar-refractivity contribution in [2.45, 2.75) is 32.7 Å². The number of nitrogens with zero attached hydrogens (tertiary/aromatic N) is 4. The first kappa shape index (κ1) is 24.2. The maximum Gasteiger partial charge on any atom is 0.283 e. The van der Waals surface area contributed by atoms with Crippen molar-refractivity contribution in [1.29, 1.82) is 0 Å². The van der Waals surface area contributed by atoms with Crippen LogP contribution in [-0.4, -0.2) is 66.4 Å². The van der Waals surface area contributed by atoms with Gasteiger partial charge >= 0.3 is 0 Å². The Morgan fingerprint density at radius 3 is 2.70 bits per heavy atom. The Morgan fingerprint density at radius 2 is 2.03 bits per heavy atom. The van der Waals surface area contributed by atoms with Gasteiger partial charge in [0.25, 0.3) is 11.8 Å². The number of carbonyl (C=O) groups excluding carboxylic acids is 2. The Hall–Kier alpha value is -3.44. The van der Waals surface area contributed by atoms with Gasteiger partial charge in [-0.15, -0.1) is 0 Å². The molecule has 0 radical (unpaired) electrons. The number of hydrogen-bond acceptors (Lipinski definition) is 8. The molecule has 2 aromatic heterocycles. The lowest BCUT2D eigenvalue weighted by atomic mass is 10.1. The van der Waals surface area contributed by atoms with Crippen LogP contribution in [0, 0.1) is 0 Å². The molecular weight excluding hydrogens is 426 g/mol. The summed E-state index contributed by atoms with van der Waals surface area (Å²) in [5.74, 6) is 5.80. The number of likely N-dealkylation sites (N-methyl/N-ethyl adjacent to an activating group) is 1. The number of hydrazine groups is 1. The number of methoxy groups -OCH3 is 1. The van der Waals surface area contributed by atoms with Crippen molar-refractivity contribution in [3.8, 4) is 0 Å². The molecule has 11 nitrogen and oxygen atoms in total. The van der Waals surface area contributed by atoms with E-state index in [9.17, 15) is 9.59 Å². The van der Waals surface area contributed by atoms with Crippen molar-refractivity contribution in [3.05, 3.63) is 47.1 Å². The lowest BCUT2D eigenvalue weighted by Crippen LogP contribution is -2.39. The highest BCUT2D eigenvalue weighted by Gasteiger charge is 2.26. The summed E-state index contributed by atoms with van der Waals surface area (Å²) in [6.07, 6.45) is 6.65. The van der Waals surface area contributed by atoms with Crippen molar-refractivity contribution < 1.29 is 19.1 Å². The fourth-order valence-corrected chi connectivity index (χ4v) is 3.65. The highest BCUT2D eigenvalue weighted by molar-refractivity contribution is 6.07. The summed E-state index contributed by atoms with van der Waals surface area (Å²) in [7, 11) is 3.48. The van der Waals surface area contributed by atoms with E-state index in [0.717, 1.165) is 24.2 Å². The van der Waals surface area contributed by atoms with Gasteiger partial charge in [0.1, 0.15) is 17.5 Å². The number of fused-ring (bicyclic) bond motifs is 1. The number of anilines is 1. The van der Waals surface area contributed by atoms with Gasteiger partial charge in [-0.25, -0.2) is 15.3 Å². The van der Waals surface area contributed by atoms with Crippen molar-refractivity contribution in [3.63, 3.8) is 0 Å². The fraction of sp³-hybridized carbons (Fsp3) is 0.455. The van der Waals surface area contributed by atoms with Gasteiger partial charge in [-0.05, 0) is 38.8 Å². The Bertz CT molecular complexity index is 1070. The average molecular weight is 458 g/mol. The first-order chi connectivity index (χ1) is 15.8. The highest BCUT2D eigenvalue weighted by Crippen LogP contribution is 2.25. The predicted octanol–water partition coefficient (Wildman–Crippen LogP) is 1.17. The molecule has 0 spiro atoms. The molecule has 2 aromatic rings. The van der Waals surface area contributed by atoms with Gasteiger partial charge in [0, 0.05) is 32.8 Å². The van der Waals surface area contributed by atoms with Gasteiger partial charge in [-0.3, -0.25) is 15.0 Å². The van der Waals surface area contributed by atoms with Crippen LogP contribution in [0.1, 0.15) is 47.5 Å². The van der Waals surface area contributed by atoms with E-state index in [-0.39, 0.29) is 17.6 Å². The fourth-order valence-electron chi connectivity index (χ4n) is 3.65. The molecule has 0 aromatic carbocycles. The second kappa shape index (κ2) is 10.9. The van der Waals surface area contributed by atoms with Crippen LogP contribution in [0.5, 0.6) is 0 Å². The number of allylic oxidation sites excluding steroid dienone is 3. The van der Waals surface area contributed by atoms with Crippen molar-refractivity contribution in [2.75, 3.05) is 38.8 Å². The Labute approximate surface area is 192 Å². The van der Waals surface area contributed by atoms with E-state index < -0.39 is 5.91 Å². The van der Waals surface area contributed by atoms with Crippen LogP contribution >= 0.6 is 0 Å². The minimum Gasteiger partial charge on any atom is -0.501 e. The molecule has 3 rings (SSSR count). The molecule has 0 aliphatic carbocycles. The molecule has 1 aliphatic rings. The monoisotopic (exact) mass is 457 g/mol. The van der Waals surface area contributed by atoms with Crippen LogP contribution in [-0.2, 0) is 9.47 Å². The number of rotatable bonds is 8. The second-order valence-corrected chi connectivity index (χ2v) is 7.97. The average Bonchev–Trinajstić information content (AvgIpc) is 3.22. The second-order valence-electron chi connectivity index (χ2n) is 7.97. The molecule has 0 saturated carbocycles. The third-order valence-corrected chi connectivity index (χ3v) is 5.47. The summed E-state index contributed by atoms with van der Waals surface area (Å²) in [6.45, 7) is 5.59. The third-order valence-electron chi connectivity index (χ3n) is 5.47. The van der Waals surface area contributed by atoms with E-state index in [1.54, 1.807) is 7.11 Å². The summed E-state index contributed by atoms with van der Waals surface area (Å²) in [6, 6.07) is 1.49. The largest absolute Gasteiger partial charge is 0.501 e. The molecule has 0 unspecified atom stereocenters. The molecule has 0 bridgehead atoms. The number of nitrogens with one attached hydrogen (secondary N) is 2. The molecule has 1 aliphatic heterocycles. The molecule has 2 amide bonds. The van der Waals surface area contributed by atoms with Crippen LogP contribution in [0.15, 0.2) is 35.9 Å². The number of aromatic nitrogens is 3. The SMILES string of the molecule is COC(C)=CC=C(C)CN(C)c1ncnn2c(C(=O)NN)cc(C(=O)NC3CCOCC3)c12. The lowest BCUT2D eigenvalue weighted by Gasteiger charge is -2.23. The maximum absolute atomic E-state index is 13.2. The zero-order valence-electron chi connectivity index (χ0n) is 19.4. The molecule has 3 heterocycles. The van der Waals surface area contributed by atoms with E-state index in [0.29, 0.717) is 36.7 Å². The van der Waals surface area contributed by atoms with Gasteiger partial charge in [-0.1, -0.05) is 11.6 Å². The first-order valence-corrected chi connectivity index (χ1v) is 10.7. The van der Waals surface area contributed by atoms with E-state index >= 15 is 0 Å². The molecule has 4 N–H and O–H groups in total. The quantitative estimate of drug-likeness (QED) is 0.177. The van der Waals surface area contributed by atoms with Gasteiger partial charge in [0.2, 0.25) is 0 Å². The van der Waals surface area contributed by atoms with Gasteiger partial charge in [0.05, 0.1) is 18.4 Å². The summed E-state index contributed by atoms with van der Waals surface area (Å²) in [5.41, 5.74) is 4.04. The topological polar surface area (TPSA) is 136 Å². The van der Waals surface area contributed by atoms with Crippen molar-refractivity contribution >= 4 is 23.1 Å². The van der Waals surface area contributed by atoms with Crippen LogP contribution in [0.25, 0.3) is 5.52 Å². The Kier molecular flexibility index (Phi) is 8.01. The van der Waals surface area contributed by atoms with E-state index in [1.165, 1.54) is 16.9 Å². The van der Waals surface area contributed by atoms with E-state index in [2.05, 4.69) is 20.8 Å². The Balaban J connectivity index is 2.00. The zero-order chi connectivity index (χ0) is 24.0. The van der Waals surface area contributed by atoms with E-state index in [1.807, 2.05) is 37.9 Å². The standard InChI is InChI=1S/C22H31N7O4/c1-14(5-6-15(2)32-4)12-28(3)20-19-17(21(30)26-16-7-9-33-10-8-16)11-18(22(31)27-23)29(19)25-13-24-20/h5-6,11,13,16H,7-10,12,23H2,1-4H3,(H,26,30)(H,27,31). The molecule has 0 atom stereocenters. The van der Waals surface area contributed by atoms with Crippen LogP contribution < -0.4 is 21.5 Å². The smallest absolute Gasteiger partial charge is 0.283 e. The minimum absolute atomic E-state index is 0.000200. The predicted molar refractivity (Wildman–Crippen MR) is 124 cm³/mol. The molecule has 178 valence electrons. The summed E-state index contributed by atoms with van der Waals surface area (Å²) < 4.78 is 11.9. The number of hydrogen-bond donors (Lipinski definition) is 3. The number of nitrogen functional groups attached to an aromatic ring is 1. The number of nitrogens with two attached hydrogens (primary N) is 1. The first-order valence-electron chi connectivity index (χ1n) is 10.7. The third kappa shape index (κ3) is 5.68. The molecular formula is C22H31N7O4. The molecule has 1 fully saturated rings. The number of amides is 2. The van der Waals surface area contributed by atoms with E-state index in [4.69, 9.17) is 15.3 Å². The summed E-state index contributed by atoms with van der Waals surface area (Å²) in [5, 5.41) is 7.26. The van der Waals surface area contributed by atoms with Gasteiger partial charge in [-0.2, -0.15) is 5.10 Å². The highest BCUT2D eigenvalue weighted by atomic mass is 16.5. The zero-order valence-corrected chi connectivity index (χ0v) is 19.4. The number of carbonyl (C=O) groups is 2. The van der Waals surface area contributed by atoms with Crippen LogP contribution in [0.4, 0.5) is 5.82 Å². The van der Waals surface area contributed by atoms with Crippen molar-refractivity contribution in [2.24, 2.45) is 5.84 Å². The normalized spacial score (nSPS) is 15.4. The summed E-state index contributed by atoms with van der Waals surface area (Å²) in [4.78, 5) is 31.9. The molecule has 1 saturated heterocycles. The molecule has 11 heteroatoms. The lowest BCUT2D eigenvalue weighted by molar-refractivity contribution is 0.0697.